The van der Waals surface area contributed by atoms with Crippen molar-refractivity contribution in [2.45, 2.75) is 122 Å². The van der Waals surface area contributed by atoms with Gasteiger partial charge < -0.3 is 23.4 Å². The molecule has 0 spiro atoms. The lowest BCUT2D eigenvalue weighted by Crippen LogP contribution is -2.51. The number of quaternary nitrogens is 2. The molecule has 0 saturated carbocycles. The molecule has 0 aliphatic heterocycles. The molecule has 7 heteroatoms. The fourth-order valence-electron chi connectivity index (χ4n) is 4.60. The Hall–Kier alpha value is 0.307. The lowest BCUT2D eigenvalue weighted by Gasteiger charge is -2.36. The van der Waals surface area contributed by atoms with Gasteiger partial charge in [0.1, 0.15) is 13.1 Å². The average Bonchev–Trinajstić information content (AvgIpc) is 2.71. The van der Waals surface area contributed by atoms with Crippen molar-refractivity contribution < 1.29 is 23.4 Å². The highest BCUT2D eigenvalue weighted by Crippen LogP contribution is 2.14. The standard InChI is InChI=1S/C27H62N2O3Si.ClH/c1-6-7-8-9-10-11-12-13-14-15-16-17-18-19-20-21-23-28(2,3)25-26-29(4,5)24-22-27-33(30,31)32;/h30-32H,6-27H2,1-5H3;1H/q+2;. The van der Waals surface area contributed by atoms with Gasteiger partial charge in [0.05, 0.1) is 41.3 Å². The van der Waals surface area contributed by atoms with E-state index in [0.717, 1.165) is 28.6 Å². The van der Waals surface area contributed by atoms with Crippen LogP contribution in [-0.2, 0) is 0 Å². The van der Waals surface area contributed by atoms with Crippen LogP contribution < -0.4 is 0 Å². The summed E-state index contributed by atoms with van der Waals surface area (Å²) in [6.45, 7) is 6.60. The molecule has 3 N–H and O–H groups in total. The summed E-state index contributed by atoms with van der Waals surface area (Å²) in [6, 6.07) is 0.145. The van der Waals surface area contributed by atoms with Crippen LogP contribution in [0.4, 0.5) is 0 Å². The van der Waals surface area contributed by atoms with Gasteiger partial charge in [-0.05, 0) is 12.8 Å². The molecule has 0 unspecified atom stereocenters. The van der Waals surface area contributed by atoms with E-state index in [1.54, 1.807) is 0 Å². The first kappa shape index (κ1) is 36.5. The summed E-state index contributed by atoms with van der Waals surface area (Å²) < 4.78 is 1.92. The van der Waals surface area contributed by atoms with Gasteiger partial charge >= 0.3 is 8.80 Å². The highest BCUT2D eigenvalue weighted by atomic mass is 35.5. The molecule has 0 fully saturated rings. The number of unbranched alkanes of at least 4 members (excludes halogenated alkanes) is 15. The van der Waals surface area contributed by atoms with Crippen molar-refractivity contribution in [2.24, 2.45) is 0 Å². The van der Waals surface area contributed by atoms with Crippen molar-refractivity contribution in [1.82, 2.24) is 0 Å². The van der Waals surface area contributed by atoms with Gasteiger partial charge in [0.2, 0.25) is 0 Å². The summed E-state index contributed by atoms with van der Waals surface area (Å²) in [5.74, 6) is 0. The summed E-state index contributed by atoms with van der Waals surface area (Å²) >= 11 is 0. The van der Waals surface area contributed by atoms with Gasteiger partial charge in [-0.25, -0.2) is 0 Å². The van der Waals surface area contributed by atoms with Crippen molar-refractivity contribution in [3.8, 4) is 0 Å². The maximum atomic E-state index is 9.18. The number of nitrogens with zero attached hydrogens (tertiary/aromatic N) is 2. The van der Waals surface area contributed by atoms with E-state index in [9.17, 15) is 14.4 Å². The summed E-state index contributed by atoms with van der Waals surface area (Å²) in [5.41, 5.74) is 0. The third kappa shape index (κ3) is 26.9. The van der Waals surface area contributed by atoms with Gasteiger partial charge in [-0.1, -0.05) is 96.8 Å². The zero-order chi connectivity index (χ0) is 25.1. The van der Waals surface area contributed by atoms with Crippen molar-refractivity contribution in [3.05, 3.63) is 0 Å². The Morgan fingerprint density at radius 1 is 0.441 bits per heavy atom. The largest absolute Gasteiger partial charge is 0.492 e. The maximum Gasteiger partial charge on any atom is 0.492 e. The highest BCUT2D eigenvalue weighted by molar-refractivity contribution is 6.56. The molecule has 0 bridgehead atoms. The SMILES string of the molecule is CCCCCCCCCCCCCCCCCC[N+](C)(C)CC[N+](C)(C)CCC[Si](O)(O)O.Cl. The number of likely N-dealkylation sites (N-methyl/N-ethyl adjacent to an activating group) is 2. The third-order valence-corrected chi connectivity index (χ3v) is 8.23. The van der Waals surface area contributed by atoms with E-state index < -0.39 is 8.80 Å². The Kier molecular flexibility index (Phi) is 22.9. The van der Waals surface area contributed by atoms with E-state index in [2.05, 4.69) is 35.1 Å². The van der Waals surface area contributed by atoms with Gasteiger partial charge in [0, 0.05) is 12.5 Å². The molecule has 0 aromatic heterocycles. The predicted molar refractivity (Wildman–Crippen MR) is 152 cm³/mol. The Morgan fingerprint density at radius 2 is 0.735 bits per heavy atom. The predicted octanol–water partition coefficient (Wildman–Crippen LogP) is 6.13. The minimum absolute atomic E-state index is 0. The minimum Gasteiger partial charge on any atom is -0.390 e. The van der Waals surface area contributed by atoms with Crippen molar-refractivity contribution >= 4 is 21.2 Å². The molecule has 208 valence electrons. The second-order valence-electron chi connectivity index (χ2n) is 11.9. The molecular formula is C27H63ClN2O3Si+2. The average molecular weight is 527 g/mol. The van der Waals surface area contributed by atoms with Crippen LogP contribution in [0.25, 0.3) is 0 Å². The van der Waals surface area contributed by atoms with Crippen LogP contribution >= 0.6 is 12.4 Å². The third-order valence-electron chi connectivity index (χ3n) is 7.20. The maximum absolute atomic E-state index is 9.18. The van der Waals surface area contributed by atoms with E-state index in [1.165, 1.54) is 109 Å². The molecule has 0 aromatic rings. The minimum atomic E-state index is -3.88. The quantitative estimate of drug-likeness (QED) is 0.0805. The lowest BCUT2D eigenvalue weighted by molar-refractivity contribution is -0.946. The number of hydrogen-bond acceptors (Lipinski definition) is 3. The molecule has 0 radical (unpaired) electrons. The molecule has 0 aliphatic carbocycles. The van der Waals surface area contributed by atoms with Crippen LogP contribution in [0.1, 0.15) is 116 Å². The highest BCUT2D eigenvalue weighted by Gasteiger charge is 2.28. The van der Waals surface area contributed by atoms with Gasteiger partial charge in [-0.2, -0.15) is 0 Å². The van der Waals surface area contributed by atoms with Gasteiger partial charge in [0.25, 0.3) is 0 Å². The first-order valence-electron chi connectivity index (χ1n) is 14.3. The molecule has 0 heterocycles. The van der Waals surface area contributed by atoms with E-state index in [1.807, 2.05) is 0 Å². The van der Waals surface area contributed by atoms with Crippen LogP contribution in [0.3, 0.4) is 0 Å². The molecule has 0 amide bonds. The van der Waals surface area contributed by atoms with Gasteiger partial charge in [-0.3, -0.25) is 0 Å². The van der Waals surface area contributed by atoms with Crippen LogP contribution in [-0.4, -0.2) is 86.5 Å². The molecule has 34 heavy (non-hydrogen) atoms. The molecule has 0 aliphatic rings. The normalized spacial score (nSPS) is 12.7. The Balaban J connectivity index is 0. The first-order chi connectivity index (χ1) is 15.5. The second kappa shape index (κ2) is 21.4. The van der Waals surface area contributed by atoms with E-state index >= 15 is 0 Å². The number of rotatable bonds is 24. The van der Waals surface area contributed by atoms with Crippen LogP contribution in [0.15, 0.2) is 0 Å². The lowest BCUT2D eigenvalue weighted by atomic mass is 10.0. The van der Waals surface area contributed by atoms with Crippen LogP contribution in [0.2, 0.25) is 6.04 Å². The van der Waals surface area contributed by atoms with Crippen molar-refractivity contribution in [2.75, 3.05) is 54.4 Å². The monoisotopic (exact) mass is 526 g/mol. The fourth-order valence-corrected chi connectivity index (χ4v) is 5.23. The smallest absolute Gasteiger partial charge is 0.390 e. The molecule has 5 nitrogen and oxygen atoms in total. The topological polar surface area (TPSA) is 60.7 Å². The van der Waals surface area contributed by atoms with E-state index in [-0.39, 0.29) is 18.5 Å². The Labute approximate surface area is 220 Å². The molecule has 0 saturated heterocycles. The summed E-state index contributed by atoms with van der Waals surface area (Å²) in [7, 11) is 5.18. The van der Waals surface area contributed by atoms with Crippen molar-refractivity contribution in [3.63, 3.8) is 0 Å². The summed E-state index contributed by atoms with van der Waals surface area (Å²) in [5, 5.41) is 0. The van der Waals surface area contributed by atoms with Crippen LogP contribution in [0, 0.1) is 0 Å². The Morgan fingerprint density at radius 3 is 1.06 bits per heavy atom. The molecule has 0 aromatic carbocycles. The van der Waals surface area contributed by atoms with Gasteiger partial charge in [0.15, 0.2) is 0 Å². The fraction of sp³-hybridized carbons (Fsp3) is 1.00. The van der Waals surface area contributed by atoms with Gasteiger partial charge in [-0.15, -0.1) is 12.4 Å². The molecule has 0 rings (SSSR count). The number of hydrogen-bond donors (Lipinski definition) is 3. The molecule has 0 atom stereocenters. The number of halogens is 1. The second-order valence-corrected chi connectivity index (χ2v) is 14.0. The van der Waals surface area contributed by atoms with Crippen LogP contribution in [0.5, 0.6) is 0 Å². The van der Waals surface area contributed by atoms with E-state index in [4.69, 9.17) is 0 Å². The molecular weight excluding hydrogens is 464 g/mol. The zero-order valence-corrected chi connectivity index (χ0v) is 25.5. The summed E-state index contributed by atoms with van der Waals surface area (Å²) in [6.07, 6.45) is 23.3. The first-order valence-corrected chi connectivity index (χ1v) is 16.3. The zero-order valence-electron chi connectivity index (χ0n) is 23.7. The van der Waals surface area contributed by atoms with E-state index in [0.29, 0.717) is 6.42 Å². The summed E-state index contributed by atoms with van der Waals surface area (Å²) in [4.78, 5) is 27.5. The Bertz CT molecular complexity index is 446. The van der Waals surface area contributed by atoms with Crippen molar-refractivity contribution in [1.29, 1.82) is 0 Å².